The number of nitrogens with zero attached hydrogens (tertiary/aromatic N) is 3. The summed E-state index contributed by atoms with van der Waals surface area (Å²) in [5.74, 6) is 2.05. The van der Waals surface area contributed by atoms with Crippen LogP contribution in [0.25, 0.3) is 10.2 Å². The monoisotopic (exact) mass is 442 g/mol. The van der Waals surface area contributed by atoms with Crippen LogP contribution in [0.2, 0.25) is 0 Å². The Labute approximate surface area is 188 Å². The van der Waals surface area contributed by atoms with Crippen molar-refractivity contribution in [2.75, 3.05) is 38.2 Å². The topological polar surface area (TPSA) is 59.5 Å². The number of aryl methyl sites for hydroxylation is 2. The van der Waals surface area contributed by atoms with Crippen LogP contribution in [0.1, 0.15) is 67.6 Å². The molecule has 0 radical (unpaired) electrons. The number of morpholine rings is 1. The van der Waals surface area contributed by atoms with Crippen LogP contribution in [-0.4, -0.2) is 59.4 Å². The molecule has 1 saturated carbocycles. The molecule has 4 heterocycles. The summed E-state index contributed by atoms with van der Waals surface area (Å²) < 4.78 is 11.8. The summed E-state index contributed by atoms with van der Waals surface area (Å²) in [5.41, 5.74) is 1.64. The van der Waals surface area contributed by atoms with Crippen LogP contribution in [0.15, 0.2) is 0 Å². The van der Waals surface area contributed by atoms with Crippen LogP contribution in [0.4, 0.5) is 5.82 Å². The Morgan fingerprint density at radius 2 is 1.87 bits per heavy atom. The van der Waals surface area contributed by atoms with Gasteiger partial charge >= 0.3 is 0 Å². The number of ether oxygens (including phenoxy) is 2. The Hall–Kier alpha value is -1.28. The Balaban J connectivity index is 1.32. The van der Waals surface area contributed by atoms with Gasteiger partial charge in [-0.25, -0.2) is 9.97 Å². The highest BCUT2D eigenvalue weighted by Gasteiger charge is 2.40. The number of aromatic nitrogens is 2. The quantitative estimate of drug-likeness (QED) is 0.762. The highest BCUT2D eigenvalue weighted by atomic mass is 32.1. The molecule has 2 aliphatic carbocycles. The van der Waals surface area contributed by atoms with Crippen molar-refractivity contribution < 1.29 is 9.47 Å². The maximum Gasteiger partial charge on any atom is 0.146 e. The molecule has 3 fully saturated rings. The molecule has 2 saturated heterocycles. The molecule has 31 heavy (non-hydrogen) atoms. The van der Waals surface area contributed by atoms with E-state index in [0.29, 0.717) is 6.04 Å². The van der Waals surface area contributed by atoms with E-state index in [9.17, 15) is 0 Å². The zero-order valence-electron chi connectivity index (χ0n) is 18.5. The van der Waals surface area contributed by atoms with Crippen LogP contribution in [0.3, 0.4) is 0 Å². The average Bonchev–Trinajstić information content (AvgIpc) is 3.39. The van der Waals surface area contributed by atoms with E-state index in [0.717, 1.165) is 63.9 Å². The zero-order chi connectivity index (χ0) is 20.7. The van der Waals surface area contributed by atoms with Gasteiger partial charge in [-0.05, 0) is 56.9 Å². The molecular weight excluding hydrogens is 408 g/mol. The highest BCUT2D eigenvalue weighted by Crippen LogP contribution is 2.42. The summed E-state index contributed by atoms with van der Waals surface area (Å²) >= 11 is 1.91. The van der Waals surface area contributed by atoms with Crippen molar-refractivity contribution >= 4 is 27.4 Å². The first-order chi connectivity index (χ1) is 15.3. The lowest BCUT2D eigenvalue weighted by molar-refractivity contribution is -0.0767. The Morgan fingerprint density at radius 1 is 1.03 bits per heavy atom. The first kappa shape index (κ1) is 20.3. The van der Waals surface area contributed by atoms with E-state index in [-0.39, 0.29) is 5.60 Å². The minimum absolute atomic E-state index is 0.118. The van der Waals surface area contributed by atoms with E-state index in [4.69, 9.17) is 19.4 Å². The molecular formula is C24H34N4O2S. The predicted molar refractivity (Wildman–Crippen MR) is 124 cm³/mol. The van der Waals surface area contributed by atoms with Gasteiger partial charge in [-0.1, -0.05) is 12.8 Å². The van der Waals surface area contributed by atoms with Gasteiger partial charge in [-0.2, -0.15) is 0 Å². The molecule has 6 rings (SSSR count). The number of fused-ring (bicyclic) bond motifs is 3. The number of hydrogen-bond donors (Lipinski definition) is 1. The lowest BCUT2D eigenvalue weighted by Gasteiger charge is -2.38. The molecule has 1 spiro atoms. The Bertz CT molecular complexity index is 933. The third-order valence-electron chi connectivity index (χ3n) is 7.68. The van der Waals surface area contributed by atoms with Crippen LogP contribution in [0, 0.1) is 0 Å². The number of anilines is 1. The zero-order valence-corrected chi connectivity index (χ0v) is 19.3. The summed E-state index contributed by atoms with van der Waals surface area (Å²) in [4.78, 5) is 15.4. The molecule has 0 aromatic carbocycles. The van der Waals surface area contributed by atoms with Crippen LogP contribution in [0.5, 0.6) is 0 Å². The summed E-state index contributed by atoms with van der Waals surface area (Å²) in [6.07, 6.45) is 12.2. The minimum Gasteiger partial charge on any atom is -0.379 e. The standard InChI is InChI=1S/C24H34N4O2S/c1-2-6-19-18(5-1)21-22(25-17-7-12-30-24(15-17)8-3-4-9-24)26-20(27-23(21)31-19)16-28-10-13-29-14-11-28/h17H,1-16H2,(H,25,26,27). The van der Waals surface area contributed by atoms with Crippen molar-refractivity contribution in [1.82, 2.24) is 14.9 Å². The minimum atomic E-state index is 0.118. The van der Waals surface area contributed by atoms with Gasteiger partial charge in [0.15, 0.2) is 0 Å². The van der Waals surface area contributed by atoms with Crippen molar-refractivity contribution in [3.63, 3.8) is 0 Å². The molecule has 1 unspecified atom stereocenters. The van der Waals surface area contributed by atoms with E-state index >= 15 is 0 Å². The summed E-state index contributed by atoms with van der Waals surface area (Å²) in [6.45, 7) is 5.24. The lowest BCUT2D eigenvalue weighted by atomic mass is 9.89. The molecule has 168 valence electrons. The Kier molecular flexibility index (Phi) is 5.63. The second kappa shape index (κ2) is 8.58. The van der Waals surface area contributed by atoms with E-state index in [1.54, 1.807) is 4.88 Å². The highest BCUT2D eigenvalue weighted by molar-refractivity contribution is 7.19. The van der Waals surface area contributed by atoms with Crippen LogP contribution < -0.4 is 5.32 Å². The normalized spacial score (nSPS) is 26.4. The third-order valence-corrected chi connectivity index (χ3v) is 8.86. The van der Waals surface area contributed by atoms with Crippen molar-refractivity contribution in [3.05, 3.63) is 16.3 Å². The lowest BCUT2D eigenvalue weighted by Crippen LogP contribution is -2.42. The molecule has 1 N–H and O–H groups in total. The molecule has 2 aliphatic heterocycles. The smallest absolute Gasteiger partial charge is 0.146 e. The van der Waals surface area contributed by atoms with Crippen LogP contribution >= 0.6 is 11.3 Å². The van der Waals surface area contributed by atoms with Crippen molar-refractivity contribution in [2.24, 2.45) is 0 Å². The van der Waals surface area contributed by atoms with Gasteiger partial charge in [0, 0.05) is 30.6 Å². The van der Waals surface area contributed by atoms with Gasteiger partial charge < -0.3 is 14.8 Å². The van der Waals surface area contributed by atoms with E-state index in [1.807, 2.05) is 11.3 Å². The molecule has 4 aliphatic rings. The van der Waals surface area contributed by atoms with Crippen LogP contribution in [-0.2, 0) is 28.9 Å². The predicted octanol–water partition coefficient (Wildman–Crippen LogP) is 4.31. The number of hydrogen-bond acceptors (Lipinski definition) is 7. The third kappa shape index (κ3) is 4.10. The van der Waals surface area contributed by atoms with Gasteiger partial charge in [0.05, 0.1) is 30.7 Å². The second-order valence-corrected chi connectivity index (χ2v) is 10.9. The van der Waals surface area contributed by atoms with Gasteiger partial charge in [0.25, 0.3) is 0 Å². The fourth-order valence-electron chi connectivity index (χ4n) is 6.05. The van der Waals surface area contributed by atoms with Crippen molar-refractivity contribution in [2.45, 2.75) is 82.4 Å². The molecule has 2 aromatic rings. The van der Waals surface area contributed by atoms with Crippen molar-refractivity contribution in [3.8, 4) is 0 Å². The second-order valence-electron chi connectivity index (χ2n) is 9.84. The number of thiophene rings is 1. The number of nitrogens with one attached hydrogen (secondary N) is 1. The van der Waals surface area contributed by atoms with E-state index in [2.05, 4.69) is 10.2 Å². The molecule has 0 bridgehead atoms. The Morgan fingerprint density at radius 3 is 2.74 bits per heavy atom. The molecule has 7 heteroatoms. The first-order valence-electron chi connectivity index (χ1n) is 12.3. The maximum absolute atomic E-state index is 6.29. The molecule has 1 atom stereocenters. The van der Waals surface area contributed by atoms with E-state index < -0.39 is 0 Å². The van der Waals surface area contributed by atoms with Gasteiger partial charge in [-0.3, -0.25) is 4.90 Å². The molecule has 2 aromatic heterocycles. The van der Waals surface area contributed by atoms with Gasteiger partial charge in [0.1, 0.15) is 16.5 Å². The largest absolute Gasteiger partial charge is 0.379 e. The first-order valence-corrected chi connectivity index (χ1v) is 13.1. The molecule has 6 nitrogen and oxygen atoms in total. The van der Waals surface area contributed by atoms with Crippen molar-refractivity contribution in [1.29, 1.82) is 0 Å². The fourth-order valence-corrected chi connectivity index (χ4v) is 7.33. The molecule has 0 amide bonds. The summed E-state index contributed by atoms with van der Waals surface area (Å²) in [5, 5.41) is 5.24. The van der Waals surface area contributed by atoms with Gasteiger partial charge in [0.2, 0.25) is 0 Å². The van der Waals surface area contributed by atoms with Gasteiger partial charge in [-0.15, -0.1) is 11.3 Å². The fraction of sp³-hybridized carbons (Fsp3) is 0.750. The summed E-state index contributed by atoms with van der Waals surface area (Å²) in [7, 11) is 0. The van der Waals surface area contributed by atoms with E-state index in [1.165, 1.54) is 67.1 Å². The average molecular weight is 443 g/mol. The summed E-state index contributed by atoms with van der Waals surface area (Å²) in [6, 6.07) is 0.445. The SMILES string of the molecule is C1CCc2c(sc3nc(CN4CCOCC4)nc(NC4CCOC5(CCCC5)C4)c23)C1. The number of rotatable bonds is 4. The maximum atomic E-state index is 6.29.